The number of aliphatic carboxylic acids is 1. The first kappa shape index (κ1) is 21.7. The molecule has 0 unspecified atom stereocenters. The molecule has 1 aromatic carbocycles. The fourth-order valence-electron chi connectivity index (χ4n) is 5.15. The van der Waals surface area contributed by atoms with E-state index in [9.17, 15) is 4.79 Å². The second-order valence-electron chi connectivity index (χ2n) is 10.0. The van der Waals surface area contributed by atoms with Gasteiger partial charge in [0.15, 0.2) is 0 Å². The number of benzene rings is 1. The smallest absolute Gasteiger partial charge is 0.328 e. The minimum absolute atomic E-state index is 0.230. The van der Waals surface area contributed by atoms with Crippen molar-refractivity contribution in [3.05, 3.63) is 52.6 Å². The van der Waals surface area contributed by atoms with E-state index in [4.69, 9.17) is 5.11 Å². The van der Waals surface area contributed by atoms with Gasteiger partial charge in [0.25, 0.3) is 0 Å². The summed E-state index contributed by atoms with van der Waals surface area (Å²) in [7, 11) is 0. The molecule has 0 fully saturated rings. The van der Waals surface area contributed by atoms with Gasteiger partial charge in [0.2, 0.25) is 0 Å². The van der Waals surface area contributed by atoms with Crippen LogP contribution in [0.2, 0.25) is 0 Å². The first-order chi connectivity index (χ1) is 13.7. The van der Waals surface area contributed by atoms with Gasteiger partial charge in [-0.3, -0.25) is 0 Å². The number of nitrogens with zero attached hydrogens (tertiary/aromatic N) is 1. The van der Waals surface area contributed by atoms with E-state index in [0.29, 0.717) is 0 Å². The zero-order chi connectivity index (χ0) is 21.2. The first-order valence-corrected chi connectivity index (χ1v) is 11.2. The van der Waals surface area contributed by atoms with E-state index in [-0.39, 0.29) is 10.8 Å². The lowest BCUT2D eigenvalue weighted by Gasteiger charge is -2.45. The van der Waals surface area contributed by atoms with Crippen LogP contribution in [0.1, 0.15) is 83.4 Å². The SMILES string of the molecule is CCCC(C=CCN1CCCc2c1ccc1c2C(C)(C)CCC1(C)C)=CC(=O)O. The maximum atomic E-state index is 11.0. The zero-order valence-electron chi connectivity index (χ0n) is 18.8. The summed E-state index contributed by atoms with van der Waals surface area (Å²) in [5.41, 5.74) is 7.44. The quantitative estimate of drug-likeness (QED) is 0.463. The van der Waals surface area contributed by atoms with E-state index >= 15 is 0 Å². The predicted octanol–water partition coefficient (Wildman–Crippen LogP) is 6.16. The van der Waals surface area contributed by atoms with Gasteiger partial charge in [-0.1, -0.05) is 59.3 Å². The van der Waals surface area contributed by atoms with Crippen LogP contribution in [-0.2, 0) is 22.0 Å². The van der Waals surface area contributed by atoms with Crippen LogP contribution in [-0.4, -0.2) is 24.2 Å². The maximum absolute atomic E-state index is 11.0. The lowest BCUT2D eigenvalue weighted by Crippen LogP contribution is -2.38. The van der Waals surface area contributed by atoms with Crippen molar-refractivity contribution in [2.75, 3.05) is 18.0 Å². The van der Waals surface area contributed by atoms with Crippen LogP contribution in [0.5, 0.6) is 0 Å². The number of fused-ring (bicyclic) bond motifs is 3. The predicted molar refractivity (Wildman–Crippen MR) is 122 cm³/mol. The van der Waals surface area contributed by atoms with Crippen LogP contribution in [0.25, 0.3) is 0 Å². The number of anilines is 1. The number of carbonyl (C=O) groups is 1. The molecule has 1 heterocycles. The molecule has 0 saturated heterocycles. The minimum Gasteiger partial charge on any atom is -0.478 e. The maximum Gasteiger partial charge on any atom is 0.328 e. The zero-order valence-corrected chi connectivity index (χ0v) is 18.8. The van der Waals surface area contributed by atoms with Crippen molar-refractivity contribution in [3.63, 3.8) is 0 Å². The summed E-state index contributed by atoms with van der Waals surface area (Å²) in [4.78, 5) is 13.5. The molecule has 2 aliphatic rings. The average molecular weight is 396 g/mol. The Kier molecular flexibility index (Phi) is 6.26. The third kappa shape index (κ3) is 4.60. The molecule has 1 N–H and O–H groups in total. The molecule has 1 aliphatic heterocycles. The number of carboxylic acid groups (broad SMARTS) is 1. The molecule has 29 heavy (non-hydrogen) atoms. The molecule has 0 saturated carbocycles. The second-order valence-corrected chi connectivity index (χ2v) is 10.0. The van der Waals surface area contributed by atoms with Crippen molar-refractivity contribution in [3.8, 4) is 0 Å². The first-order valence-electron chi connectivity index (χ1n) is 11.2. The lowest BCUT2D eigenvalue weighted by atomic mass is 9.61. The van der Waals surface area contributed by atoms with Crippen molar-refractivity contribution in [1.29, 1.82) is 0 Å². The average Bonchev–Trinajstić information content (AvgIpc) is 2.64. The molecule has 0 amide bonds. The van der Waals surface area contributed by atoms with Gasteiger partial charge in [-0.2, -0.15) is 0 Å². The van der Waals surface area contributed by atoms with Crippen LogP contribution in [0.15, 0.2) is 35.9 Å². The fraction of sp³-hybridized carbons (Fsp3) is 0.577. The number of rotatable bonds is 6. The van der Waals surface area contributed by atoms with Gasteiger partial charge in [0.05, 0.1) is 0 Å². The summed E-state index contributed by atoms with van der Waals surface area (Å²) in [6, 6.07) is 4.72. The summed E-state index contributed by atoms with van der Waals surface area (Å²) in [6.07, 6.45) is 12.1. The highest BCUT2D eigenvalue weighted by molar-refractivity contribution is 5.81. The van der Waals surface area contributed by atoms with Gasteiger partial charge >= 0.3 is 5.97 Å². The van der Waals surface area contributed by atoms with Gasteiger partial charge in [-0.25, -0.2) is 4.79 Å². The van der Waals surface area contributed by atoms with E-state index in [1.54, 1.807) is 16.7 Å². The molecule has 158 valence electrons. The molecule has 0 spiro atoms. The van der Waals surface area contributed by atoms with Crippen molar-refractivity contribution in [2.45, 2.75) is 84.0 Å². The molecule has 0 atom stereocenters. The van der Waals surface area contributed by atoms with Crippen LogP contribution in [0.4, 0.5) is 5.69 Å². The molecule has 0 aromatic heterocycles. The standard InChI is InChI=1S/C26H37NO2/c1-6-9-19(18-23(28)29)10-7-16-27-17-8-11-20-22(27)13-12-21-24(20)26(4,5)15-14-25(21,2)3/h7,10,12-13,18H,6,8-9,11,14-17H2,1-5H3,(H,28,29). The van der Waals surface area contributed by atoms with E-state index in [1.807, 2.05) is 6.08 Å². The number of allylic oxidation sites excluding steroid dienone is 2. The van der Waals surface area contributed by atoms with Crippen molar-refractivity contribution < 1.29 is 9.90 Å². The Morgan fingerprint density at radius 1 is 1.17 bits per heavy atom. The number of carboxylic acids is 1. The van der Waals surface area contributed by atoms with Crippen molar-refractivity contribution in [1.82, 2.24) is 0 Å². The molecule has 1 aromatic rings. The van der Waals surface area contributed by atoms with Gasteiger partial charge in [-0.15, -0.1) is 0 Å². The molecule has 3 heteroatoms. The summed E-state index contributed by atoms with van der Waals surface area (Å²) < 4.78 is 0. The molecule has 3 rings (SSSR count). The number of hydrogen-bond donors (Lipinski definition) is 1. The Morgan fingerprint density at radius 2 is 1.90 bits per heavy atom. The summed E-state index contributed by atoms with van der Waals surface area (Å²) in [5, 5.41) is 9.07. The van der Waals surface area contributed by atoms with Gasteiger partial charge in [-0.05, 0) is 71.3 Å². The van der Waals surface area contributed by atoms with Crippen LogP contribution in [0.3, 0.4) is 0 Å². The van der Waals surface area contributed by atoms with E-state index < -0.39 is 5.97 Å². The minimum atomic E-state index is -0.863. The molecule has 0 bridgehead atoms. The van der Waals surface area contributed by atoms with E-state index in [1.165, 1.54) is 31.0 Å². The molecule has 3 nitrogen and oxygen atoms in total. The van der Waals surface area contributed by atoms with E-state index in [2.05, 4.69) is 57.7 Å². The Hall–Kier alpha value is -2.03. The highest BCUT2D eigenvalue weighted by Crippen LogP contribution is 2.49. The third-order valence-corrected chi connectivity index (χ3v) is 6.77. The van der Waals surface area contributed by atoms with Crippen LogP contribution < -0.4 is 4.90 Å². The van der Waals surface area contributed by atoms with Crippen molar-refractivity contribution >= 4 is 11.7 Å². The van der Waals surface area contributed by atoms with Crippen LogP contribution >= 0.6 is 0 Å². The van der Waals surface area contributed by atoms with Crippen LogP contribution in [0, 0.1) is 0 Å². The summed E-state index contributed by atoms with van der Waals surface area (Å²) in [5.74, 6) is -0.863. The van der Waals surface area contributed by atoms with E-state index in [0.717, 1.165) is 37.9 Å². The number of hydrogen-bond acceptors (Lipinski definition) is 2. The summed E-state index contributed by atoms with van der Waals surface area (Å²) >= 11 is 0. The fourth-order valence-corrected chi connectivity index (χ4v) is 5.15. The largest absolute Gasteiger partial charge is 0.478 e. The highest BCUT2D eigenvalue weighted by atomic mass is 16.4. The Labute approximate surface area is 176 Å². The third-order valence-electron chi connectivity index (χ3n) is 6.77. The van der Waals surface area contributed by atoms with Gasteiger partial charge < -0.3 is 10.0 Å². The molecular formula is C26H37NO2. The Balaban J connectivity index is 1.90. The van der Waals surface area contributed by atoms with Crippen molar-refractivity contribution in [2.24, 2.45) is 0 Å². The van der Waals surface area contributed by atoms with Gasteiger partial charge in [0, 0.05) is 24.9 Å². The normalized spacial score (nSPS) is 20.4. The Morgan fingerprint density at radius 3 is 2.59 bits per heavy atom. The molecular weight excluding hydrogens is 358 g/mol. The second kappa shape index (κ2) is 8.38. The molecule has 0 radical (unpaired) electrons. The lowest BCUT2D eigenvalue weighted by molar-refractivity contribution is -0.131. The van der Waals surface area contributed by atoms with Gasteiger partial charge in [0.1, 0.15) is 0 Å². The Bertz CT molecular complexity index is 829. The molecule has 1 aliphatic carbocycles. The summed E-state index contributed by atoms with van der Waals surface area (Å²) in [6.45, 7) is 13.6. The topological polar surface area (TPSA) is 40.5 Å². The monoisotopic (exact) mass is 395 g/mol. The highest BCUT2D eigenvalue weighted by Gasteiger charge is 2.40.